The van der Waals surface area contributed by atoms with E-state index in [2.05, 4.69) is 13.8 Å². The molecule has 0 aromatic heterocycles. The Morgan fingerprint density at radius 1 is 1.56 bits per heavy atom. The van der Waals surface area contributed by atoms with Crippen LogP contribution in [0, 0.1) is 0 Å². The van der Waals surface area contributed by atoms with Gasteiger partial charge in [-0.3, -0.25) is 0 Å². The number of nitrogens with two attached hydrogens (primary N) is 1. The Bertz CT molecular complexity index is 391. The van der Waals surface area contributed by atoms with Crippen LogP contribution in [-0.2, 0) is 0 Å². The molecule has 16 heavy (non-hydrogen) atoms. The molecule has 0 aliphatic carbocycles. The van der Waals surface area contributed by atoms with Gasteiger partial charge in [0.2, 0.25) is 0 Å². The van der Waals surface area contributed by atoms with Gasteiger partial charge in [0, 0.05) is 24.5 Å². The molecule has 0 bridgehead atoms. The molecule has 0 fully saturated rings. The van der Waals surface area contributed by atoms with Crippen molar-refractivity contribution in [1.29, 1.82) is 0 Å². The molecule has 0 spiro atoms. The molecule has 0 saturated carbocycles. The summed E-state index contributed by atoms with van der Waals surface area (Å²) in [6.45, 7) is 4.19. The van der Waals surface area contributed by atoms with Crippen LogP contribution in [0.2, 0.25) is 0 Å². The fourth-order valence-electron chi connectivity index (χ4n) is 1.48. The first-order valence-electron chi connectivity index (χ1n) is 5.33. The van der Waals surface area contributed by atoms with Crippen LogP contribution in [0.4, 0.5) is 11.4 Å². The first-order chi connectivity index (χ1) is 7.47. The van der Waals surface area contributed by atoms with Crippen molar-refractivity contribution in [3.8, 4) is 0 Å². The van der Waals surface area contributed by atoms with Gasteiger partial charge in [-0.1, -0.05) is 6.92 Å². The predicted octanol–water partition coefficient (Wildman–Crippen LogP) is 2.20. The van der Waals surface area contributed by atoms with Crippen LogP contribution in [-0.4, -0.2) is 24.2 Å². The average Bonchev–Trinajstić information content (AvgIpc) is 2.27. The molecule has 0 saturated heterocycles. The Morgan fingerprint density at radius 2 is 2.19 bits per heavy atom. The van der Waals surface area contributed by atoms with Crippen LogP contribution in [0.1, 0.15) is 30.6 Å². The lowest BCUT2D eigenvalue weighted by Crippen LogP contribution is -2.28. The number of nitrogens with zero attached hydrogens (tertiary/aromatic N) is 1. The Balaban J connectivity index is 3.07. The van der Waals surface area contributed by atoms with E-state index in [0.717, 1.165) is 12.1 Å². The average molecular weight is 222 g/mol. The van der Waals surface area contributed by atoms with Crippen LogP contribution in [0.3, 0.4) is 0 Å². The van der Waals surface area contributed by atoms with Crippen molar-refractivity contribution < 1.29 is 9.90 Å². The number of carboxylic acid groups (broad SMARTS) is 1. The number of hydrogen-bond donors (Lipinski definition) is 2. The monoisotopic (exact) mass is 222 g/mol. The number of nitrogen functional groups attached to an aromatic ring is 1. The molecule has 0 heterocycles. The number of aromatic carboxylic acids is 1. The highest BCUT2D eigenvalue weighted by Crippen LogP contribution is 2.22. The van der Waals surface area contributed by atoms with Crippen molar-refractivity contribution in [3.63, 3.8) is 0 Å². The molecule has 0 aliphatic rings. The summed E-state index contributed by atoms with van der Waals surface area (Å²) in [5.74, 6) is -0.989. The lowest BCUT2D eigenvalue weighted by atomic mass is 10.1. The molecule has 88 valence electrons. The standard InChI is InChI=1S/C12H18N2O2/c1-4-8(2)14(3)9-5-6-11(13)10(7-9)12(15)16/h5-8H,4,13H2,1-3H3,(H,15,16). The van der Waals surface area contributed by atoms with Crippen molar-refractivity contribution >= 4 is 17.3 Å². The molecule has 1 aromatic rings. The van der Waals surface area contributed by atoms with Gasteiger partial charge < -0.3 is 15.7 Å². The summed E-state index contributed by atoms with van der Waals surface area (Å²) in [4.78, 5) is 13.0. The van der Waals surface area contributed by atoms with Gasteiger partial charge in [0.15, 0.2) is 0 Å². The molecule has 1 unspecified atom stereocenters. The lowest BCUT2D eigenvalue weighted by molar-refractivity contribution is 0.0698. The summed E-state index contributed by atoms with van der Waals surface area (Å²) in [5.41, 5.74) is 6.94. The lowest BCUT2D eigenvalue weighted by Gasteiger charge is -2.26. The summed E-state index contributed by atoms with van der Waals surface area (Å²) >= 11 is 0. The second-order valence-electron chi connectivity index (χ2n) is 3.94. The molecule has 4 heteroatoms. The van der Waals surface area contributed by atoms with Crippen molar-refractivity contribution in [2.45, 2.75) is 26.3 Å². The van der Waals surface area contributed by atoms with Crippen molar-refractivity contribution in [3.05, 3.63) is 23.8 Å². The predicted molar refractivity (Wildman–Crippen MR) is 66.0 cm³/mol. The van der Waals surface area contributed by atoms with Gasteiger partial charge in [0.25, 0.3) is 0 Å². The Labute approximate surface area is 95.7 Å². The normalized spacial score (nSPS) is 12.2. The third kappa shape index (κ3) is 2.45. The minimum Gasteiger partial charge on any atom is -0.478 e. The van der Waals surface area contributed by atoms with Gasteiger partial charge in [-0.15, -0.1) is 0 Å². The molecule has 1 atom stereocenters. The molecule has 0 amide bonds. The number of rotatable bonds is 4. The fraction of sp³-hybridized carbons (Fsp3) is 0.417. The van der Waals surface area contributed by atoms with E-state index in [9.17, 15) is 4.79 Å². The van der Waals surface area contributed by atoms with E-state index in [1.54, 1.807) is 12.1 Å². The highest BCUT2D eigenvalue weighted by Gasteiger charge is 2.13. The van der Waals surface area contributed by atoms with Crippen molar-refractivity contribution in [2.75, 3.05) is 17.7 Å². The summed E-state index contributed by atoms with van der Waals surface area (Å²) in [6, 6.07) is 5.46. The Hall–Kier alpha value is -1.71. The molecule has 4 nitrogen and oxygen atoms in total. The zero-order valence-corrected chi connectivity index (χ0v) is 9.90. The maximum atomic E-state index is 10.9. The number of benzene rings is 1. The maximum absolute atomic E-state index is 10.9. The number of anilines is 2. The zero-order chi connectivity index (χ0) is 12.3. The van der Waals surface area contributed by atoms with Crippen LogP contribution in [0.5, 0.6) is 0 Å². The Morgan fingerprint density at radius 3 is 2.69 bits per heavy atom. The van der Waals surface area contributed by atoms with Gasteiger partial charge in [0.05, 0.1) is 5.56 Å². The van der Waals surface area contributed by atoms with Crippen LogP contribution in [0.15, 0.2) is 18.2 Å². The zero-order valence-electron chi connectivity index (χ0n) is 9.90. The molecular weight excluding hydrogens is 204 g/mol. The number of hydrogen-bond acceptors (Lipinski definition) is 3. The molecule has 1 aromatic carbocycles. The quantitative estimate of drug-likeness (QED) is 0.766. The summed E-state index contributed by atoms with van der Waals surface area (Å²) < 4.78 is 0. The maximum Gasteiger partial charge on any atom is 0.337 e. The molecule has 1 rings (SSSR count). The van der Waals surface area contributed by atoms with E-state index in [1.165, 1.54) is 0 Å². The number of carboxylic acids is 1. The van der Waals surface area contributed by atoms with Crippen molar-refractivity contribution in [1.82, 2.24) is 0 Å². The minimum absolute atomic E-state index is 0.160. The van der Waals surface area contributed by atoms with E-state index in [0.29, 0.717) is 11.7 Å². The molecule has 0 radical (unpaired) electrons. The van der Waals surface area contributed by atoms with E-state index < -0.39 is 5.97 Å². The summed E-state index contributed by atoms with van der Waals surface area (Å²) in [7, 11) is 1.95. The molecular formula is C12H18N2O2. The van der Waals surface area contributed by atoms with Gasteiger partial charge in [0.1, 0.15) is 0 Å². The minimum atomic E-state index is -0.989. The summed E-state index contributed by atoms with van der Waals surface area (Å²) in [6.07, 6.45) is 1.00. The highest BCUT2D eigenvalue weighted by molar-refractivity contribution is 5.94. The topological polar surface area (TPSA) is 66.6 Å². The largest absolute Gasteiger partial charge is 0.478 e. The van der Waals surface area contributed by atoms with Gasteiger partial charge >= 0.3 is 5.97 Å². The van der Waals surface area contributed by atoms with Crippen LogP contribution >= 0.6 is 0 Å². The Kier molecular flexibility index (Phi) is 3.77. The third-order valence-electron chi connectivity index (χ3n) is 2.93. The van der Waals surface area contributed by atoms with E-state index >= 15 is 0 Å². The van der Waals surface area contributed by atoms with E-state index in [-0.39, 0.29) is 5.56 Å². The SMILES string of the molecule is CCC(C)N(C)c1ccc(N)c(C(=O)O)c1. The fourth-order valence-corrected chi connectivity index (χ4v) is 1.48. The highest BCUT2D eigenvalue weighted by atomic mass is 16.4. The van der Waals surface area contributed by atoms with Gasteiger partial charge in [-0.25, -0.2) is 4.79 Å². The smallest absolute Gasteiger partial charge is 0.337 e. The first kappa shape index (κ1) is 12.4. The van der Waals surface area contributed by atoms with Gasteiger partial charge in [-0.05, 0) is 31.5 Å². The third-order valence-corrected chi connectivity index (χ3v) is 2.93. The van der Waals surface area contributed by atoms with Crippen LogP contribution < -0.4 is 10.6 Å². The summed E-state index contributed by atoms with van der Waals surface area (Å²) in [5, 5.41) is 8.97. The van der Waals surface area contributed by atoms with Crippen molar-refractivity contribution in [2.24, 2.45) is 0 Å². The first-order valence-corrected chi connectivity index (χ1v) is 5.33. The van der Waals surface area contributed by atoms with E-state index in [4.69, 9.17) is 10.8 Å². The second kappa shape index (κ2) is 4.88. The van der Waals surface area contributed by atoms with Crippen LogP contribution in [0.25, 0.3) is 0 Å². The second-order valence-corrected chi connectivity index (χ2v) is 3.94. The number of carbonyl (C=O) groups is 1. The van der Waals surface area contributed by atoms with Gasteiger partial charge in [-0.2, -0.15) is 0 Å². The van der Waals surface area contributed by atoms with E-state index in [1.807, 2.05) is 18.0 Å². The molecule has 3 N–H and O–H groups in total. The molecule has 0 aliphatic heterocycles.